The minimum Gasteiger partial charge on any atom is -0.394 e. The van der Waals surface area contributed by atoms with E-state index >= 15 is 0 Å². The first-order chi connectivity index (χ1) is 9.06. The molecule has 1 unspecified atom stereocenters. The molecule has 19 heavy (non-hydrogen) atoms. The van der Waals surface area contributed by atoms with Gasteiger partial charge < -0.3 is 15.3 Å². The van der Waals surface area contributed by atoms with E-state index in [0.717, 1.165) is 25.8 Å². The van der Waals surface area contributed by atoms with Crippen molar-refractivity contribution in [2.45, 2.75) is 76.4 Å². The number of aliphatic hydroxyl groups is 1. The summed E-state index contributed by atoms with van der Waals surface area (Å²) in [5.74, 6) is 0.0944. The summed E-state index contributed by atoms with van der Waals surface area (Å²) in [6.45, 7) is 5.03. The summed E-state index contributed by atoms with van der Waals surface area (Å²) >= 11 is 0. The normalized spacial score (nSPS) is 29.9. The van der Waals surface area contributed by atoms with Crippen LogP contribution in [0.1, 0.15) is 58.8 Å². The number of rotatable bonds is 2. The summed E-state index contributed by atoms with van der Waals surface area (Å²) in [6.07, 6.45) is 8.22. The van der Waals surface area contributed by atoms with E-state index in [1.165, 1.54) is 25.7 Å². The van der Waals surface area contributed by atoms with Crippen LogP contribution >= 0.6 is 0 Å². The molecule has 1 aliphatic carbocycles. The molecular weight excluding hydrogens is 240 g/mol. The first-order valence-corrected chi connectivity index (χ1v) is 7.73. The van der Waals surface area contributed by atoms with Crippen LogP contribution in [0.15, 0.2) is 0 Å². The zero-order chi connectivity index (χ0) is 13.9. The average molecular weight is 268 g/mol. The third kappa shape index (κ3) is 3.29. The number of nitrogens with one attached hydrogen (secondary N) is 1. The minimum atomic E-state index is -0.412. The van der Waals surface area contributed by atoms with Crippen LogP contribution in [0.5, 0.6) is 0 Å². The van der Waals surface area contributed by atoms with E-state index in [1.54, 1.807) is 0 Å². The van der Waals surface area contributed by atoms with Crippen molar-refractivity contribution >= 4 is 5.91 Å². The highest BCUT2D eigenvalue weighted by Gasteiger charge is 2.41. The van der Waals surface area contributed by atoms with E-state index in [9.17, 15) is 9.90 Å². The highest BCUT2D eigenvalue weighted by molar-refractivity contribution is 5.83. The van der Waals surface area contributed by atoms with E-state index in [-0.39, 0.29) is 18.1 Å². The zero-order valence-corrected chi connectivity index (χ0v) is 12.3. The predicted octanol–water partition coefficient (Wildman–Crippen LogP) is 1.67. The largest absolute Gasteiger partial charge is 0.394 e. The Bertz CT molecular complexity index is 309. The molecular formula is C15H28N2O2. The summed E-state index contributed by atoms with van der Waals surface area (Å²) in [5, 5.41) is 12.6. The summed E-state index contributed by atoms with van der Waals surface area (Å²) < 4.78 is 0. The van der Waals surface area contributed by atoms with Gasteiger partial charge in [-0.3, -0.25) is 4.79 Å². The molecule has 1 amide bonds. The van der Waals surface area contributed by atoms with Crippen molar-refractivity contribution in [3.05, 3.63) is 0 Å². The standard InChI is InChI=1S/C15H28N2O2/c1-15(2)9-10-16-13(11-18)14(19)17(15)12-7-5-3-4-6-8-12/h12-13,16,18H,3-11H2,1-2H3. The monoisotopic (exact) mass is 268 g/mol. The van der Waals surface area contributed by atoms with Crippen molar-refractivity contribution in [2.75, 3.05) is 13.2 Å². The summed E-state index contributed by atoms with van der Waals surface area (Å²) in [4.78, 5) is 14.8. The molecule has 0 bridgehead atoms. The zero-order valence-electron chi connectivity index (χ0n) is 12.3. The fourth-order valence-corrected chi connectivity index (χ4v) is 3.56. The predicted molar refractivity (Wildman–Crippen MR) is 75.9 cm³/mol. The summed E-state index contributed by atoms with van der Waals surface area (Å²) in [6, 6.07) is -0.0519. The van der Waals surface area contributed by atoms with Gasteiger partial charge >= 0.3 is 0 Å². The molecule has 1 aliphatic heterocycles. The van der Waals surface area contributed by atoms with Gasteiger partial charge in [-0.15, -0.1) is 0 Å². The fourth-order valence-electron chi connectivity index (χ4n) is 3.56. The molecule has 2 fully saturated rings. The van der Waals surface area contributed by atoms with Crippen LogP contribution < -0.4 is 5.32 Å². The number of carbonyl (C=O) groups excluding carboxylic acids is 1. The first-order valence-electron chi connectivity index (χ1n) is 7.73. The minimum absolute atomic E-state index is 0.0944. The topological polar surface area (TPSA) is 52.6 Å². The highest BCUT2D eigenvalue weighted by atomic mass is 16.3. The number of carbonyl (C=O) groups is 1. The second kappa shape index (κ2) is 6.23. The molecule has 0 radical (unpaired) electrons. The lowest BCUT2D eigenvalue weighted by Gasteiger charge is -2.43. The van der Waals surface area contributed by atoms with Gasteiger partial charge in [0, 0.05) is 11.6 Å². The summed E-state index contributed by atoms with van der Waals surface area (Å²) in [7, 11) is 0. The van der Waals surface area contributed by atoms with Crippen molar-refractivity contribution in [3.8, 4) is 0 Å². The van der Waals surface area contributed by atoms with Gasteiger partial charge in [-0.05, 0) is 39.7 Å². The highest BCUT2D eigenvalue weighted by Crippen LogP contribution is 2.31. The third-order valence-corrected chi connectivity index (χ3v) is 4.69. The lowest BCUT2D eigenvalue weighted by atomic mass is 9.93. The van der Waals surface area contributed by atoms with Gasteiger partial charge in [-0.25, -0.2) is 0 Å². The van der Waals surface area contributed by atoms with E-state index in [0.29, 0.717) is 6.04 Å². The molecule has 1 saturated heterocycles. The Balaban J connectivity index is 2.21. The lowest BCUT2D eigenvalue weighted by molar-refractivity contribution is -0.142. The van der Waals surface area contributed by atoms with Crippen molar-refractivity contribution in [1.82, 2.24) is 10.2 Å². The van der Waals surface area contributed by atoms with Gasteiger partial charge in [0.2, 0.25) is 5.91 Å². The number of amides is 1. The Labute approximate surface area is 116 Å². The van der Waals surface area contributed by atoms with Gasteiger partial charge in [-0.1, -0.05) is 25.7 Å². The van der Waals surface area contributed by atoms with Crippen LogP contribution in [0.25, 0.3) is 0 Å². The third-order valence-electron chi connectivity index (χ3n) is 4.69. The summed E-state index contributed by atoms with van der Waals surface area (Å²) in [5.41, 5.74) is -0.108. The first kappa shape index (κ1) is 14.8. The molecule has 0 aromatic rings. The van der Waals surface area contributed by atoms with Crippen molar-refractivity contribution in [1.29, 1.82) is 0 Å². The van der Waals surface area contributed by atoms with E-state index in [2.05, 4.69) is 24.1 Å². The van der Waals surface area contributed by atoms with Crippen LogP contribution in [0.2, 0.25) is 0 Å². The molecule has 1 heterocycles. The lowest BCUT2D eigenvalue weighted by Crippen LogP contribution is -2.56. The molecule has 2 N–H and O–H groups in total. The van der Waals surface area contributed by atoms with Gasteiger partial charge in [0.1, 0.15) is 6.04 Å². The van der Waals surface area contributed by atoms with Crippen LogP contribution in [0.3, 0.4) is 0 Å². The Morgan fingerprint density at radius 1 is 1.26 bits per heavy atom. The van der Waals surface area contributed by atoms with Gasteiger partial charge in [-0.2, -0.15) is 0 Å². The number of aliphatic hydroxyl groups excluding tert-OH is 1. The van der Waals surface area contributed by atoms with Crippen LogP contribution in [-0.2, 0) is 4.79 Å². The Morgan fingerprint density at radius 3 is 2.47 bits per heavy atom. The second-order valence-electron chi connectivity index (χ2n) is 6.61. The maximum atomic E-state index is 12.7. The van der Waals surface area contributed by atoms with Gasteiger partial charge in [0.15, 0.2) is 0 Å². The van der Waals surface area contributed by atoms with E-state index in [4.69, 9.17) is 0 Å². The molecule has 2 aliphatic rings. The maximum absolute atomic E-state index is 12.7. The van der Waals surface area contributed by atoms with Crippen molar-refractivity contribution in [3.63, 3.8) is 0 Å². The van der Waals surface area contributed by atoms with Crippen LogP contribution in [0.4, 0.5) is 0 Å². The number of hydrogen-bond donors (Lipinski definition) is 2. The van der Waals surface area contributed by atoms with Crippen molar-refractivity contribution < 1.29 is 9.90 Å². The van der Waals surface area contributed by atoms with Crippen molar-refractivity contribution in [2.24, 2.45) is 0 Å². The smallest absolute Gasteiger partial charge is 0.242 e. The van der Waals surface area contributed by atoms with E-state index < -0.39 is 6.04 Å². The Hall–Kier alpha value is -0.610. The maximum Gasteiger partial charge on any atom is 0.242 e. The molecule has 1 saturated carbocycles. The van der Waals surface area contributed by atoms with E-state index in [1.807, 2.05) is 0 Å². The van der Waals surface area contributed by atoms with Crippen LogP contribution in [-0.4, -0.2) is 46.7 Å². The Kier molecular flexibility index (Phi) is 4.85. The molecule has 2 rings (SSSR count). The number of nitrogens with zero attached hydrogens (tertiary/aromatic N) is 1. The molecule has 0 aromatic carbocycles. The van der Waals surface area contributed by atoms with Gasteiger partial charge in [0.25, 0.3) is 0 Å². The molecule has 110 valence electrons. The molecule has 4 nitrogen and oxygen atoms in total. The fraction of sp³-hybridized carbons (Fsp3) is 0.933. The Morgan fingerprint density at radius 2 is 1.89 bits per heavy atom. The quantitative estimate of drug-likeness (QED) is 0.749. The molecule has 0 spiro atoms. The average Bonchev–Trinajstić information content (AvgIpc) is 2.67. The molecule has 0 aromatic heterocycles. The van der Waals surface area contributed by atoms with Crippen LogP contribution in [0, 0.1) is 0 Å². The molecule has 1 atom stereocenters. The second-order valence-corrected chi connectivity index (χ2v) is 6.61. The van der Waals surface area contributed by atoms with Gasteiger partial charge in [0.05, 0.1) is 6.61 Å². The SMILES string of the molecule is CC1(C)CCNC(CO)C(=O)N1C1CCCCCC1. The number of hydrogen-bond acceptors (Lipinski definition) is 3. The molecule has 4 heteroatoms.